The topological polar surface area (TPSA) is 73.6 Å². The first-order valence-corrected chi connectivity index (χ1v) is 8.09. The van der Waals surface area contributed by atoms with Crippen LogP contribution in [0.15, 0.2) is 18.2 Å². The van der Waals surface area contributed by atoms with E-state index in [0.717, 1.165) is 24.6 Å². The van der Waals surface area contributed by atoms with E-state index in [0.29, 0.717) is 32.0 Å². The molecule has 22 heavy (non-hydrogen) atoms. The van der Waals surface area contributed by atoms with Crippen LogP contribution in [0.1, 0.15) is 44.1 Å². The highest BCUT2D eigenvalue weighted by molar-refractivity contribution is 5.73. The van der Waals surface area contributed by atoms with Crippen LogP contribution in [0.2, 0.25) is 0 Å². The zero-order chi connectivity index (χ0) is 15.8. The average molecular weight is 306 g/mol. The third-order valence-electron chi connectivity index (χ3n) is 3.86. The summed E-state index contributed by atoms with van der Waals surface area (Å²) in [4.78, 5) is 10.7. The number of piperidine rings is 1. The molecule has 1 unspecified atom stereocenters. The molecule has 1 aliphatic heterocycles. The number of carbonyl (C=O) groups excluding carboxylic acids is 1. The quantitative estimate of drug-likeness (QED) is 0.722. The second-order valence-electron chi connectivity index (χ2n) is 5.60. The zero-order valence-electron chi connectivity index (χ0n) is 13.3. The van der Waals surface area contributed by atoms with E-state index in [4.69, 9.17) is 15.2 Å². The number of carbonyl (C=O) groups is 1. The Hall–Kier alpha value is -1.75. The Morgan fingerprint density at radius 2 is 2.23 bits per heavy atom. The van der Waals surface area contributed by atoms with Gasteiger partial charge in [0.25, 0.3) is 0 Å². The van der Waals surface area contributed by atoms with Gasteiger partial charge in [0.05, 0.1) is 13.2 Å². The molecule has 2 rings (SSSR count). The minimum absolute atomic E-state index is 0.297. The molecule has 0 spiro atoms. The molecule has 0 saturated carbocycles. The van der Waals surface area contributed by atoms with Gasteiger partial charge in [0.1, 0.15) is 0 Å². The van der Waals surface area contributed by atoms with Crippen molar-refractivity contribution in [1.82, 2.24) is 5.32 Å². The standard InChI is InChI=1S/C17H26N2O3/c1-2-21-16-11-13(14-5-3-9-19-12-14)7-8-15(16)22-10-4-6-17(18)20/h7-8,11,14,19H,2-6,9-10,12H2,1H3,(H2,18,20). The fourth-order valence-electron chi connectivity index (χ4n) is 2.73. The van der Waals surface area contributed by atoms with Crippen molar-refractivity contribution in [2.45, 2.75) is 38.5 Å². The van der Waals surface area contributed by atoms with Crippen LogP contribution in [-0.4, -0.2) is 32.2 Å². The summed E-state index contributed by atoms with van der Waals surface area (Å²) < 4.78 is 11.4. The van der Waals surface area contributed by atoms with Crippen LogP contribution >= 0.6 is 0 Å². The van der Waals surface area contributed by atoms with Crippen LogP contribution < -0.4 is 20.5 Å². The van der Waals surface area contributed by atoms with Crippen molar-refractivity contribution in [1.29, 1.82) is 0 Å². The number of nitrogens with two attached hydrogens (primary N) is 1. The van der Waals surface area contributed by atoms with Crippen molar-refractivity contribution in [3.63, 3.8) is 0 Å². The lowest BCUT2D eigenvalue weighted by molar-refractivity contribution is -0.118. The molecule has 1 saturated heterocycles. The second-order valence-corrected chi connectivity index (χ2v) is 5.60. The Labute approximate surface area is 132 Å². The molecule has 0 aromatic heterocycles. The van der Waals surface area contributed by atoms with Crippen LogP contribution in [0.4, 0.5) is 0 Å². The molecule has 1 fully saturated rings. The van der Waals surface area contributed by atoms with E-state index in [2.05, 4.69) is 17.4 Å². The molecular weight excluding hydrogens is 280 g/mol. The fraction of sp³-hybridized carbons (Fsp3) is 0.588. The summed E-state index contributed by atoms with van der Waals surface area (Å²) in [6.07, 6.45) is 3.38. The van der Waals surface area contributed by atoms with Crippen molar-refractivity contribution >= 4 is 5.91 Å². The number of nitrogens with one attached hydrogen (secondary N) is 1. The van der Waals surface area contributed by atoms with Gasteiger partial charge >= 0.3 is 0 Å². The average Bonchev–Trinajstić information content (AvgIpc) is 2.53. The molecule has 122 valence electrons. The molecule has 0 bridgehead atoms. The van der Waals surface area contributed by atoms with Crippen LogP contribution in [0.3, 0.4) is 0 Å². The van der Waals surface area contributed by atoms with Gasteiger partial charge in [0.15, 0.2) is 11.5 Å². The fourth-order valence-corrected chi connectivity index (χ4v) is 2.73. The van der Waals surface area contributed by atoms with Gasteiger partial charge in [-0.05, 0) is 56.3 Å². The van der Waals surface area contributed by atoms with Crippen molar-refractivity contribution in [2.24, 2.45) is 5.73 Å². The lowest BCUT2D eigenvalue weighted by Gasteiger charge is -2.24. The van der Waals surface area contributed by atoms with Crippen molar-refractivity contribution in [3.8, 4) is 11.5 Å². The minimum atomic E-state index is -0.297. The number of amides is 1. The molecule has 1 aromatic carbocycles. The number of benzene rings is 1. The van der Waals surface area contributed by atoms with E-state index >= 15 is 0 Å². The van der Waals surface area contributed by atoms with Gasteiger partial charge in [-0.2, -0.15) is 0 Å². The molecule has 0 aliphatic carbocycles. The first-order chi connectivity index (χ1) is 10.7. The van der Waals surface area contributed by atoms with E-state index in [-0.39, 0.29) is 5.91 Å². The Morgan fingerprint density at radius 1 is 1.36 bits per heavy atom. The van der Waals surface area contributed by atoms with Gasteiger partial charge in [-0.25, -0.2) is 0 Å². The lowest BCUT2D eigenvalue weighted by Crippen LogP contribution is -2.28. The predicted molar refractivity (Wildman–Crippen MR) is 86.4 cm³/mol. The third-order valence-corrected chi connectivity index (χ3v) is 3.86. The van der Waals surface area contributed by atoms with Crippen molar-refractivity contribution in [2.75, 3.05) is 26.3 Å². The molecule has 1 aliphatic rings. The maximum atomic E-state index is 10.7. The number of rotatable bonds is 8. The lowest BCUT2D eigenvalue weighted by atomic mass is 9.91. The molecule has 5 heteroatoms. The molecule has 5 nitrogen and oxygen atoms in total. The Morgan fingerprint density at radius 3 is 2.91 bits per heavy atom. The number of ether oxygens (including phenoxy) is 2. The molecule has 1 heterocycles. The van der Waals surface area contributed by atoms with Crippen LogP contribution in [-0.2, 0) is 4.79 Å². The maximum Gasteiger partial charge on any atom is 0.217 e. The van der Waals surface area contributed by atoms with Gasteiger partial charge in [0, 0.05) is 13.0 Å². The monoisotopic (exact) mass is 306 g/mol. The van der Waals surface area contributed by atoms with E-state index in [1.807, 2.05) is 13.0 Å². The first-order valence-electron chi connectivity index (χ1n) is 8.09. The van der Waals surface area contributed by atoms with Gasteiger partial charge in [0.2, 0.25) is 5.91 Å². The van der Waals surface area contributed by atoms with E-state index < -0.39 is 0 Å². The molecule has 1 aromatic rings. The summed E-state index contributed by atoms with van der Waals surface area (Å²) >= 11 is 0. The van der Waals surface area contributed by atoms with Gasteiger partial charge in [-0.15, -0.1) is 0 Å². The van der Waals surface area contributed by atoms with Crippen LogP contribution in [0, 0.1) is 0 Å². The van der Waals surface area contributed by atoms with E-state index in [1.54, 1.807) is 0 Å². The van der Waals surface area contributed by atoms with Crippen LogP contribution in [0.25, 0.3) is 0 Å². The molecular formula is C17H26N2O3. The summed E-state index contributed by atoms with van der Waals surface area (Å²) in [5.74, 6) is 1.76. The normalized spacial score (nSPS) is 18.0. The second kappa shape index (κ2) is 8.63. The predicted octanol–water partition coefficient (Wildman–Crippen LogP) is 2.20. The van der Waals surface area contributed by atoms with Gasteiger partial charge in [-0.3, -0.25) is 4.79 Å². The summed E-state index contributed by atoms with van der Waals surface area (Å²) in [6.45, 7) is 5.16. The third kappa shape index (κ3) is 4.91. The number of hydrogen-bond donors (Lipinski definition) is 2. The van der Waals surface area contributed by atoms with E-state index in [1.165, 1.54) is 18.4 Å². The highest BCUT2D eigenvalue weighted by atomic mass is 16.5. The molecule has 3 N–H and O–H groups in total. The Bertz CT molecular complexity index is 485. The van der Waals surface area contributed by atoms with Crippen molar-refractivity contribution < 1.29 is 14.3 Å². The largest absolute Gasteiger partial charge is 0.490 e. The Balaban J connectivity index is 2.00. The molecule has 1 atom stereocenters. The van der Waals surface area contributed by atoms with Crippen molar-refractivity contribution in [3.05, 3.63) is 23.8 Å². The summed E-state index contributed by atoms with van der Waals surface area (Å²) in [5.41, 5.74) is 6.42. The Kier molecular flexibility index (Phi) is 6.52. The van der Waals surface area contributed by atoms with Gasteiger partial charge < -0.3 is 20.5 Å². The smallest absolute Gasteiger partial charge is 0.217 e. The van der Waals surface area contributed by atoms with E-state index in [9.17, 15) is 4.79 Å². The highest BCUT2D eigenvalue weighted by Gasteiger charge is 2.17. The highest BCUT2D eigenvalue weighted by Crippen LogP contribution is 2.33. The molecule has 1 amide bonds. The first kappa shape index (κ1) is 16.6. The maximum absolute atomic E-state index is 10.7. The summed E-state index contributed by atoms with van der Waals surface area (Å²) in [5, 5.41) is 3.44. The summed E-state index contributed by atoms with van der Waals surface area (Å²) in [7, 11) is 0. The number of hydrogen-bond acceptors (Lipinski definition) is 4. The SMILES string of the molecule is CCOc1cc(C2CCCNC2)ccc1OCCCC(N)=O. The number of primary amides is 1. The van der Waals surface area contributed by atoms with Crippen LogP contribution in [0.5, 0.6) is 11.5 Å². The minimum Gasteiger partial charge on any atom is -0.490 e. The zero-order valence-corrected chi connectivity index (χ0v) is 13.3. The molecule has 0 radical (unpaired) electrons. The van der Waals surface area contributed by atoms with Gasteiger partial charge in [-0.1, -0.05) is 6.07 Å². The summed E-state index contributed by atoms with van der Waals surface area (Å²) in [6, 6.07) is 6.17.